The fourth-order valence-corrected chi connectivity index (χ4v) is 2.62. The average Bonchev–Trinajstić information content (AvgIpc) is 2.54. The van der Waals surface area contributed by atoms with Crippen LogP contribution in [0.3, 0.4) is 0 Å². The molecule has 1 fully saturated rings. The molecule has 0 bridgehead atoms. The quantitative estimate of drug-likeness (QED) is 0.872. The minimum atomic E-state index is -4.44. The van der Waals surface area contributed by atoms with Crippen LogP contribution >= 0.6 is 0 Å². The predicted molar refractivity (Wildman–Crippen MR) is 77.6 cm³/mol. The monoisotopic (exact) mass is 331 g/mol. The molecule has 7 heteroatoms. The molecule has 1 aliphatic rings. The van der Waals surface area contributed by atoms with Gasteiger partial charge in [0.15, 0.2) is 0 Å². The first-order valence-corrected chi connectivity index (χ1v) is 7.58. The molecule has 1 aromatic rings. The maximum Gasteiger partial charge on any atom is 0.416 e. The van der Waals surface area contributed by atoms with Crippen LogP contribution in [0.25, 0.3) is 0 Å². The van der Waals surface area contributed by atoms with E-state index >= 15 is 0 Å². The van der Waals surface area contributed by atoms with Crippen LogP contribution in [0.4, 0.5) is 13.2 Å². The number of carbonyl (C=O) groups is 1. The van der Waals surface area contributed by atoms with Gasteiger partial charge >= 0.3 is 6.18 Å². The van der Waals surface area contributed by atoms with Gasteiger partial charge in [-0.2, -0.15) is 13.2 Å². The Labute approximate surface area is 132 Å². The lowest BCUT2D eigenvalue weighted by Crippen LogP contribution is -2.38. The summed E-state index contributed by atoms with van der Waals surface area (Å²) in [4.78, 5) is 12.2. The number of nitrogens with one attached hydrogen (secondary N) is 1. The summed E-state index contributed by atoms with van der Waals surface area (Å²) in [5.74, 6) is -0.545. The number of hydrogen-bond donors (Lipinski definition) is 2. The Kier molecular flexibility index (Phi) is 6.01. The third-order valence-corrected chi connectivity index (χ3v) is 3.88. The molecule has 1 aliphatic heterocycles. The standard InChI is InChI=1S/C16H20F3NO3/c17-16(18,19)13-5-1-3-11(9-13)14(6-7-21)20-15(22)12-4-2-8-23-10-12/h1,3,5,9,12,14,21H,2,4,6-8,10H2,(H,20,22)/t12-,14-/m1/s1. The van der Waals surface area contributed by atoms with E-state index in [0.29, 0.717) is 25.2 Å². The number of ether oxygens (including phenoxy) is 1. The van der Waals surface area contributed by atoms with E-state index in [1.807, 2.05) is 0 Å². The van der Waals surface area contributed by atoms with Crippen molar-refractivity contribution in [1.29, 1.82) is 0 Å². The van der Waals surface area contributed by atoms with E-state index in [-0.39, 0.29) is 24.9 Å². The Morgan fingerprint density at radius 3 is 2.83 bits per heavy atom. The average molecular weight is 331 g/mol. The van der Waals surface area contributed by atoms with Crippen LogP contribution in [-0.4, -0.2) is 30.8 Å². The highest BCUT2D eigenvalue weighted by atomic mass is 19.4. The number of rotatable bonds is 5. The largest absolute Gasteiger partial charge is 0.416 e. The molecule has 1 heterocycles. The highest BCUT2D eigenvalue weighted by molar-refractivity contribution is 5.79. The van der Waals surface area contributed by atoms with Gasteiger partial charge in [0, 0.05) is 13.2 Å². The highest BCUT2D eigenvalue weighted by Gasteiger charge is 2.31. The van der Waals surface area contributed by atoms with E-state index in [1.54, 1.807) is 0 Å². The molecule has 1 saturated heterocycles. The van der Waals surface area contributed by atoms with Crippen LogP contribution in [0.2, 0.25) is 0 Å². The second-order valence-corrected chi connectivity index (χ2v) is 5.61. The smallest absolute Gasteiger partial charge is 0.396 e. The molecule has 23 heavy (non-hydrogen) atoms. The maximum atomic E-state index is 12.8. The van der Waals surface area contributed by atoms with Crippen LogP contribution in [0.1, 0.15) is 36.4 Å². The van der Waals surface area contributed by atoms with Crippen LogP contribution in [0.5, 0.6) is 0 Å². The predicted octanol–water partition coefficient (Wildman–Crippen LogP) is 2.67. The van der Waals surface area contributed by atoms with Crippen molar-refractivity contribution >= 4 is 5.91 Å². The van der Waals surface area contributed by atoms with Gasteiger partial charge in [0.2, 0.25) is 5.91 Å². The first-order valence-electron chi connectivity index (χ1n) is 7.58. The van der Waals surface area contributed by atoms with E-state index in [0.717, 1.165) is 18.6 Å². The molecule has 0 unspecified atom stereocenters. The lowest BCUT2D eigenvalue weighted by atomic mass is 9.98. The van der Waals surface area contributed by atoms with E-state index in [9.17, 15) is 18.0 Å². The van der Waals surface area contributed by atoms with Crippen molar-refractivity contribution in [1.82, 2.24) is 5.32 Å². The SMILES string of the molecule is O=C(N[C@H](CCO)c1cccc(C(F)(F)F)c1)[C@@H]1CCCOC1. The maximum absolute atomic E-state index is 12.8. The third-order valence-electron chi connectivity index (χ3n) is 3.88. The molecular formula is C16H20F3NO3. The summed E-state index contributed by atoms with van der Waals surface area (Å²) in [6, 6.07) is 4.16. The van der Waals surface area contributed by atoms with Crippen molar-refractivity contribution in [3.63, 3.8) is 0 Å². The van der Waals surface area contributed by atoms with Gasteiger partial charge < -0.3 is 15.2 Å². The van der Waals surface area contributed by atoms with Gasteiger partial charge in [-0.15, -0.1) is 0 Å². The van der Waals surface area contributed by atoms with E-state index in [1.165, 1.54) is 12.1 Å². The molecule has 1 amide bonds. The Balaban J connectivity index is 2.12. The Morgan fingerprint density at radius 2 is 2.22 bits per heavy atom. The second kappa shape index (κ2) is 7.79. The first-order chi connectivity index (χ1) is 10.9. The zero-order valence-electron chi connectivity index (χ0n) is 12.6. The van der Waals surface area contributed by atoms with Crippen LogP contribution < -0.4 is 5.32 Å². The summed E-state index contributed by atoms with van der Waals surface area (Å²) in [6.45, 7) is 0.708. The van der Waals surface area contributed by atoms with Crippen molar-refractivity contribution in [2.45, 2.75) is 31.5 Å². The second-order valence-electron chi connectivity index (χ2n) is 5.61. The summed E-state index contributed by atoms with van der Waals surface area (Å²) in [5.41, 5.74) is -0.438. The zero-order chi connectivity index (χ0) is 16.9. The lowest BCUT2D eigenvalue weighted by molar-refractivity contribution is -0.137. The molecule has 0 saturated carbocycles. The molecular weight excluding hydrogens is 311 g/mol. The number of alkyl halides is 3. The molecule has 2 N–H and O–H groups in total. The van der Waals surface area contributed by atoms with E-state index in [4.69, 9.17) is 9.84 Å². The Morgan fingerprint density at radius 1 is 1.43 bits per heavy atom. The van der Waals surface area contributed by atoms with Crippen molar-refractivity contribution < 1.29 is 27.8 Å². The molecule has 0 spiro atoms. The molecule has 2 rings (SSSR count). The summed E-state index contributed by atoms with van der Waals surface area (Å²) in [6.07, 6.45) is -2.81. The third kappa shape index (κ3) is 4.94. The molecule has 0 radical (unpaired) electrons. The number of aliphatic hydroxyl groups excluding tert-OH is 1. The van der Waals surface area contributed by atoms with Gasteiger partial charge in [0.05, 0.1) is 24.1 Å². The van der Waals surface area contributed by atoms with Gasteiger partial charge in [-0.05, 0) is 37.0 Å². The van der Waals surface area contributed by atoms with Crippen LogP contribution in [-0.2, 0) is 15.7 Å². The fraction of sp³-hybridized carbons (Fsp3) is 0.562. The zero-order valence-corrected chi connectivity index (χ0v) is 12.6. The topological polar surface area (TPSA) is 58.6 Å². The Bertz CT molecular complexity index is 528. The summed E-state index contributed by atoms with van der Waals surface area (Å²) in [5, 5.41) is 11.9. The number of hydrogen-bond acceptors (Lipinski definition) is 3. The van der Waals surface area contributed by atoms with Crippen molar-refractivity contribution in [2.24, 2.45) is 5.92 Å². The van der Waals surface area contributed by atoms with E-state index < -0.39 is 17.8 Å². The van der Waals surface area contributed by atoms with E-state index in [2.05, 4.69) is 5.32 Å². The van der Waals surface area contributed by atoms with Gasteiger partial charge in [-0.1, -0.05) is 12.1 Å². The van der Waals surface area contributed by atoms with Gasteiger partial charge in [-0.3, -0.25) is 4.79 Å². The van der Waals surface area contributed by atoms with Crippen molar-refractivity contribution in [2.75, 3.05) is 19.8 Å². The van der Waals surface area contributed by atoms with Gasteiger partial charge in [0.25, 0.3) is 0 Å². The molecule has 0 aromatic heterocycles. The summed E-state index contributed by atoms with van der Waals surface area (Å²) < 4.78 is 43.7. The van der Waals surface area contributed by atoms with Crippen LogP contribution in [0.15, 0.2) is 24.3 Å². The van der Waals surface area contributed by atoms with Crippen molar-refractivity contribution in [3.8, 4) is 0 Å². The highest BCUT2D eigenvalue weighted by Crippen LogP contribution is 2.31. The van der Waals surface area contributed by atoms with Crippen molar-refractivity contribution in [3.05, 3.63) is 35.4 Å². The number of halogens is 3. The molecule has 2 atom stereocenters. The fourth-order valence-electron chi connectivity index (χ4n) is 2.62. The first kappa shape index (κ1) is 17.7. The number of carbonyl (C=O) groups excluding carboxylic acids is 1. The summed E-state index contributed by atoms with van der Waals surface area (Å²) >= 11 is 0. The molecule has 0 aliphatic carbocycles. The Hall–Kier alpha value is -1.60. The van der Waals surface area contributed by atoms with Gasteiger partial charge in [-0.25, -0.2) is 0 Å². The normalized spacial score (nSPS) is 20.1. The molecule has 1 aromatic carbocycles. The number of benzene rings is 1. The molecule has 128 valence electrons. The number of aliphatic hydroxyl groups is 1. The number of amides is 1. The van der Waals surface area contributed by atoms with Crippen LogP contribution in [0, 0.1) is 5.92 Å². The molecule has 4 nitrogen and oxygen atoms in total. The summed E-state index contributed by atoms with van der Waals surface area (Å²) in [7, 11) is 0. The van der Waals surface area contributed by atoms with Gasteiger partial charge in [0.1, 0.15) is 0 Å². The minimum absolute atomic E-state index is 0.153. The lowest BCUT2D eigenvalue weighted by Gasteiger charge is -2.25. The minimum Gasteiger partial charge on any atom is -0.396 e.